The average Bonchev–Trinajstić information content (AvgIpc) is 3.38. The first-order chi connectivity index (χ1) is 19.9. The number of aryl methyl sites for hydroxylation is 1. The summed E-state index contributed by atoms with van der Waals surface area (Å²) in [6, 6.07) is 12.3. The van der Waals surface area contributed by atoms with Crippen molar-refractivity contribution >= 4 is 23.3 Å². The Balaban J connectivity index is 1.12. The van der Waals surface area contributed by atoms with Crippen molar-refractivity contribution in [1.82, 2.24) is 15.1 Å². The fraction of sp³-hybridized carbons (Fsp3) is 0.433. The van der Waals surface area contributed by atoms with Crippen LogP contribution in [0.1, 0.15) is 34.3 Å². The average molecular weight is 567 g/mol. The number of alkyl halides is 2. The number of morpholine rings is 1. The minimum Gasteiger partial charge on any atom is -0.435 e. The Hall–Kier alpha value is -3.83. The van der Waals surface area contributed by atoms with Crippen LogP contribution in [0.5, 0.6) is 5.75 Å². The number of benzene rings is 2. The van der Waals surface area contributed by atoms with Crippen LogP contribution in [0.2, 0.25) is 0 Å². The Labute approximate surface area is 238 Å². The second-order valence-electron chi connectivity index (χ2n) is 10.3. The van der Waals surface area contributed by atoms with E-state index >= 15 is 0 Å². The predicted molar refractivity (Wildman–Crippen MR) is 155 cm³/mol. The molecule has 0 spiro atoms. The third kappa shape index (κ3) is 7.89. The molecule has 1 amide bonds. The Morgan fingerprint density at radius 3 is 2.71 bits per heavy atom. The van der Waals surface area contributed by atoms with Crippen molar-refractivity contribution < 1.29 is 23.0 Å². The summed E-state index contributed by atoms with van der Waals surface area (Å²) in [6.45, 7) is 5.03. The second-order valence-corrected chi connectivity index (χ2v) is 10.3. The Morgan fingerprint density at radius 2 is 1.95 bits per heavy atom. The van der Waals surface area contributed by atoms with Crippen LogP contribution < -0.4 is 15.4 Å². The normalized spacial score (nSPS) is 18.6. The van der Waals surface area contributed by atoms with Gasteiger partial charge in [-0.1, -0.05) is 12.1 Å². The molecule has 0 aromatic heterocycles. The van der Waals surface area contributed by atoms with Gasteiger partial charge in [-0.2, -0.15) is 8.78 Å². The van der Waals surface area contributed by atoms with Gasteiger partial charge in [0.2, 0.25) is 0 Å². The molecule has 2 N–H and O–H groups in total. The van der Waals surface area contributed by atoms with Crippen LogP contribution in [0.15, 0.2) is 64.8 Å². The van der Waals surface area contributed by atoms with Crippen LogP contribution in [0.4, 0.5) is 14.5 Å². The fourth-order valence-electron chi connectivity index (χ4n) is 5.17. The summed E-state index contributed by atoms with van der Waals surface area (Å²) >= 11 is 0. The van der Waals surface area contributed by atoms with Gasteiger partial charge in [-0.25, -0.2) is 4.99 Å². The number of carbonyl (C=O) groups is 1. The molecule has 3 aliphatic rings. The van der Waals surface area contributed by atoms with E-state index in [1.165, 1.54) is 0 Å². The zero-order valence-corrected chi connectivity index (χ0v) is 23.2. The minimum atomic E-state index is -2.84. The van der Waals surface area contributed by atoms with Gasteiger partial charge in [0, 0.05) is 49.8 Å². The van der Waals surface area contributed by atoms with E-state index in [0.29, 0.717) is 30.9 Å². The van der Waals surface area contributed by atoms with Gasteiger partial charge in [-0.05, 0) is 74.2 Å². The first kappa shape index (κ1) is 28.7. The predicted octanol–water partition coefficient (Wildman–Crippen LogP) is 4.06. The Bertz CT molecular complexity index is 1290. The molecule has 3 aliphatic heterocycles. The summed E-state index contributed by atoms with van der Waals surface area (Å²) in [6.07, 6.45) is 6.26. The number of amides is 1. The molecule has 0 aliphatic carbocycles. The molecule has 1 atom stereocenters. The van der Waals surface area contributed by atoms with Gasteiger partial charge < -0.3 is 25.0 Å². The van der Waals surface area contributed by atoms with Crippen molar-refractivity contribution in [3.63, 3.8) is 0 Å². The molecule has 41 heavy (non-hydrogen) atoms. The monoisotopic (exact) mass is 566 g/mol. The highest BCUT2D eigenvalue weighted by Crippen LogP contribution is 2.22. The Morgan fingerprint density at radius 1 is 1.15 bits per heavy atom. The van der Waals surface area contributed by atoms with Crippen molar-refractivity contribution in [3.05, 3.63) is 71.6 Å². The molecular formula is C30H36F2N6O3. The number of carbonyl (C=O) groups excluding carboxylic acids is 1. The molecule has 1 fully saturated rings. The zero-order valence-electron chi connectivity index (χ0n) is 23.2. The summed E-state index contributed by atoms with van der Waals surface area (Å²) in [4.78, 5) is 26.6. The van der Waals surface area contributed by atoms with Crippen LogP contribution in [-0.2, 0) is 11.2 Å². The molecule has 5 rings (SSSR count). The molecule has 0 radical (unpaired) electrons. The van der Waals surface area contributed by atoms with E-state index in [0.717, 1.165) is 68.3 Å². The van der Waals surface area contributed by atoms with E-state index in [1.807, 2.05) is 36.2 Å². The maximum absolute atomic E-state index is 12.8. The highest BCUT2D eigenvalue weighted by Gasteiger charge is 2.29. The molecule has 1 saturated heterocycles. The topological polar surface area (TPSA) is 90.8 Å². The number of rotatable bonds is 11. The number of nitrogens with zero attached hydrogens (tertiary/aromatic N) is 4. The zero-order chi connectivity index (χ0) is 28.6. The highest BCUT2D eigenvalue weighted by molar-refractivity contribution is 6.45. The third-order valence-corrected chi connectivity index (χ3v) is 7.29. The van der Waals surface area contributed by atoms with Crippen molar-refractivity contribution in [1.29, 1.82) is 0 Å². The fourth-order valence-corrected chi connectivity index (χ4v) is 5.17. The molecule has 9 nitrogen and oxygen atoms in total. The van der Waals surface area contributed by atoms with E-state index in [-0.39, 0.29) is 17.7 Å². The molecule has 11 heteroatoms. The van der Waals surface area contributed by atoms with Crippen LogP contribution >= 0.6 is 0 Å². The molecule has 0 bridgehead atoms. The maximum Gasteiger partial charge on any atom is 0.387 e. The number of hydrogen-bond donors (Lipinski definition) is 2. The number of ether oxygens (including phenoxy) is 2. The molecule has 2 aromatic carbocycles. The molecule has 1 unspecified atom stereocenters. The van der Waals surface area contributed by atoms with E-state index < -0.39 is 6.61 Å². The van der Waals surface area contributed by atoms with Gasteiger partial charge in [0.25, 0.3) is 5.91 Å². The van der Waals surface area contributed by atoms with E-state index in [4.69, 9.17) is 9.73 Å². The summed E-state index contributed by atoms with van der Waals surface area (Å²) < 4.78 is 34.6. The van der Waals surface area contributed by atoms with Gasteiger partial charge in [0.05, 0.1) is 19.3 Å². The Kier molecular flexibility index (Phi) is 9.58. The number of nitrogens with one attached hydrogen (secondary N) is 2. The third-order valence-electron chi connectivity index (χ3n) is 7.29. The lowest BCUT2D eigenvalue weighted by molar-refractivity contribution is -0.0498. The number of halogens is 2. The van der Waals surface area contributed by atoms with Gasteiger partial charge in [0.1, 0.15) is 5.75 Å². The van der Waals surface area contributed by atoms with Crippen molar-refractivity contribution in [2.45, 2.75) is 38.8 Å². The van der Waals surface area contributed by atoms with Crippen LogP contribution in [0.3, 0.4) is 0 Å². The maximum atomic E-state index is 12.8. The highest BCUT2D eigenvalue weighted by atomic mass is 19.3. The largest absolute Gasteiger partial charge is 0.435 e. The number of amidine groups is 2. The summed E-state index contributed by atoms with van der Waals surface area (Å²) in [7, 11) is 0. The van der Waals surface area contributed by atoms with Gasteiger partial charge in [0.15, 0.2) is 11.7 Å². The first-order valence-corrected chi connectivity index (χ1v) is 14.0. The lowest BCUT2D eigenvalue weighted by Gasteiger charge is -2.26. The van der Waals surface area contributed by atoms with E-state index in [9.17, 15) is 13.6 Å². The van der Waals surface area contributed by atoms with E-state index in [1.54, 1.807) is 30.5 Å². The summed E-state index contributed by atoms with van der Waals surface area (Å²) in [5.41, 5.74) is 3.33. The molecule has 2 aromatic rings. The van der Waals surface area contributed by atoms with Crippen LogP contribution in [0, 0.1) is 6.92 Å². The van der Waals surface area contributed by atoms with E-state index in [2.05, 4.69) is 25.3 Å². The number of fused-ring (bicyclic) bond motifs is 1. The van der Waals surface area contributed by atoms with Gasteiger partial charge in [-0.15, -0.1) is 0 Å². The standard InChI is InChI=1S/C30H36F2N6O3/c1-21-18-23(6-9-26(21)29(39)34-10-2-3-12-37-14-16-40-17-15-37)35-27-28-36-24(20-38(28)13-11-33-27)19-22-4-7-25(8-5-22)41-30(31)32/h4-9,11,13,18,24,30H,2-3,10,12,14-17,19-20H2,1H3,(H,33,35)(H,34,39). The van der Waals surface area contributed by atoms with Crippen molar-refractivity contribution in [2.75, 3.05) is 51.3 Å². The first-order valence-electron chi connectivity index (χ1n) is 14.0. The number of aliphatic imine (C=N–C) groups is 2. The summed E-state index contributed by atoms with van der Waals surface area (Å²) in [5, 5.41) is 6.40. The summed E-state index contributed by atoms with van der Waals surface area (Å²) in [5.74, 6) is 1.44. The molecule has 3 heterocycles. The lowest BCUT2D eigenvalue weighted by atomic mass is 10.1. The molecule has 218 valence electrons. The number of anilines is 1. The van der Waals surface area contributed by atoms with Gasteiger partial charge in [-0.3, -0.25) is 14.7 Å². The second kappa shape index (κ2) is 13.7. The number of hydrogen-bond acceptors (Lipinski definition) is 8. The minimum absolute atomic E-state index is 0.0108. The molecular weight excluding hydrogens is 530 g/mol. The van der Waals surface area contributed by atoms with Crippen molar-refractivity contribution in [2.24, 2.45) is 9.98 Å². The van der Waals surface area contributed by atoms with Crippen LogP contribution in [-0.4, -0.2) is 86.0 Å². The van der Waals surface area contributed by atoms with Crippen molar-refractivity contribution in [3.8, 4) is 5.75 Å². The quantitative estimate of drug-likeness (QED) is 0.399. The number of unbranched alkanes of at least 4 members (excludes halogenated alkanes) is 1. The van der Waals surface area contributed by atoms with Crippen LogP contribution in [0.25, 0.3) is 0 Å². The smallest absolute Gasteiger partial charge is 0.387 e. The lowest BCUT2D eigenvalue weighted by Crippen LogP contribution is -2.37. The van der Waals surface area contributed by atoms with Gasteiger partial charge >= 0.3 is 6.61 Å². The molecule has 0 saturated carbocycles. The SMILES string of the molecule is Cc1cc(NC2=NC=CN3CC(Cc4ccc(OC(F)F)cc4)N=C23)ccc1C(=O)NCCCCN1CCOCC1.